The van der Waals surface area contributed by atoms with Crippen LogP contribution in [0.2, 0.25) is 0 Å². The summed E-state index contributed by atoms with van der Waals surface area (Å²) in [5.74, 6) is -1.29. The number of benzene rings is 2. The molecule has 3 rings (SSSR count). The summed E-state index contributed by atoms with van der Waals surface area (Å²) in [5, 5.41) is 30.7. The second-order valence-electron chi connectivity index (χ2n) is 8.25. The highest BCUT2D eigenvalue weighted by atomic mass is 16.7. The Hall–Kier alpha value is -3.40. The summed E-state index contributed by atoms with van der Waals surface area (Å²) in [6.07, 6.45) is -4.11. The molecule has 0 spiro atoms. The maximum absolute atomic E-state index is 13.3. The van der Waals surface area contributed by atoms with Gasteiger partial charge in [0.05, 0.1) is 13.2 Å². The van der Waals surface area contributed by atoms with Gasteiger partial charge in [-0.1, -0.05) is 36.4 Å². The molecule has 1 heterocycles. The summed E-state index contributed by atoms with van der Waals surface area (Å²) in [6.45, 7) is 2.66. The molecule has 5 unspecified atom stereocenters. The van der Waals surface area contributed by atoms with Gasteiger partial charge in [0, 0.05) is 12.5 Å². The Balaban J connectivity index is 1.89. The van der Waals surface area contributed by atoms with Gasteiger partial charge in [0.15, 0.2) is 30.0 Å². The van der Waals surface area contributed by atoms with E-state index < -0.39 is 42.6 Å². The third-order valence-electron chi connectivity index (χ3n) is 5.65. The third-order valence-corrected chi connectivity index (χ3v) is 5.65. The predicted octanol–water partition coefficient (Wildman–Crippen LogP) is 2.36. The van der Waals surface area contributed by atoms with Crippen molar-refractivity contribution in [1.29, 1.82) is 0 Å². The lowest BCUT2D eigenvalue weighted by atomic mass is 9.98. The number of phenols is 1. The molecule has 0 bridgehead atoms. The van der Waals surface area contributed by atoms with Crippen LogP contribution in [0.15, 0.2) is 54.1 Å². The lowest BCUT2D eigenvalue weighted by Gasteiger charge is -2.40. The van der Waals surface area contributed by atoms with Crippen LogP contribution in [-0.4, -0.2) is 65.1 Å². The van der Waals surface area contributed by atoms with Gasteiger partial charge in [-0.05, 0) is 49.1 Å². The van der Waals surface area contributed by atoms with Gasteiger partial charge in [-0.2, -0.15) is 0 Å². The Morgan fingerprint density at radius 1 is 1.06 bits per heavy atom. The van der Waals surface area contributed by atoms with Crippen LogP contribution in [0, 0.1) is 0 Å². The largest absolute Gasteiger partial charge is 0.504 e. The number of esters is 2. The average molecular weight is 487 g/mol. The molecule has 188 valence electrons. The second-order valence-corrected chi connectivity index (χ2v) is 8.25. The van der Waals surface area contributed by atoms with Gasteiger partial charge in [0.25, 0.3) is 0 Å². The molecule has 1 aliphatic rings. The Kier molecular flexibility index (Phi) is 8.86. The lowest BCUT2D eigenvalue weighted by molar-refractivity contribution is -0.284. The molecular weight excluding hydrogens is 456 g/mol. The first kappa shape index (κ1) is 26.2. The van der Waals surface area contributed by atoms with Crippen LogP contribution in [0.3, 0.4) is 0 Å². The molecule has 9 nitrogen and oxygen atoms in total. The molecule has 0 aromatic heterocycles. The molecule has 1 fully saturated rings. The number of aliphatic hydroxyl groups excluding tert-OH is 2. The Bertz CT molecular complexity index is 1050. The predicted molar refractivity (Wildman–Crippen MR) is 125 cm³/mol. The Morgan fingerprint density at radius 3 is 2.43 bits per heavy atom. The van der Waals surface area contributed by atoms with Gasteiger partial charge in [0.1, 0.15) is 6.10 Å². The van der Waals surface area contributed by atoms with Gasteiger partial charge in [-0.25, -0.2) is 4.79 Å². The number of hydrogen-bond acceptors (Lipinski definition) is 9. The average Bonchev–Trinajstić information content (AvgIpc) is 2.83. The normalized spacial score (nSPS) is 24.5. The molecule has 2 aromatic carbocycles. The van der Waals surface area contributed by atoms with Crippen LogP contribution in [-0.2, 0) is 30.2 Å². The summed E-state index contributed by atoms with van der Waals surface area (Å²) < 4.78 is 21.1. The molecule has 35 heavy (non-hydrogen) atoms. The van der Waals surface area contributed by atoms with Crippen LogP contribution < -0.4 is 4.74 Å². The summed E-state index contributed by atoms with van der Waals surface area (Å²) in [4.78, 5) is 24.8. The fourth-order valence-electron chi connectivity index (χ4n) is 3.80. The number of hydrogen-bond donors (Lipinski definition) is 3. The summed E-state index contributed by atoms with van der Waals surface area (Å²) in [6, 6.07) is 14.2. The molecule has 0 radical (unpaired) electrons. The van der Waals surface area contributed by atoms with Gasteiger partial charge < -0.3 is 34.3 Å². The van der Waals surface area contributed by atoms with E-state index in [1.54, 1.807) is 18.2 Å². The minimum atomic E-state index is -1.61. The van der Waals surface area contributed by atoms with E-state index in [9.17, 15) is 24.9 Å². The number of ether oxygens (including phenoxy) is 4. The molecule has 9 heteroatoms. The van der Waals surface area contributed by atoms with E-state index in [1.807, 2.05) is 30.3 Å². The van der Waals surface area contributed by atoms with Crippen molar-refractivity contribution in [3.05, 3.63) is 65.2 Å². The summed E-state index contributed by atoms with van der Waals surface area (Å²) in [5.41, 5.74) is 1.83. The Morgan fingerprint density at radius 2 is 1.77 bits per heavy atom. The van der Waals surface area contributed by atoms with E-state index in [-0.39, 0.29) is 23.5 Å². The number of aliphatic hydroxyl groups is 2. The number of phenolic OH excluding ortho intramolecular Hbond substituents is 1. The van der Waals surface area contributed by atoms with Crippen molar-refractivity contribution in [2.45, 2.75) is 57.4 Å². The Labute approximate surface area is 203 Å². The molecule has 2 aromatic rings. The van der Waals surface area contributed by atoms with Gasteiger partial charge in [-0.3, -0.25) is 4.79 Å². The standard InChI is InChI=1S/C26H30O9/c1-15-22(29)23(34-16(2)27)24(26(31)33-15)35-25(30)19(11-9-17-7-5-4-6-8-17)13-18-10-12-20(28)21(14-18)32-3/h4-8,10,12-15,22-24,26,28-29,31H,9,11H2,1-3H3. The van der Waals surface area contributed by atoms with Crippen molar-refractivity contribution in [2.24, 2.45) is 0 Å². The van der Waals surface area contributed by atoms with Crippen molar-refractivity contribution in [1.82, 2.24) is 0 Å². The smallest absolute Gasteiger partial charge is 0.334 e. The lowest BCUT2D eigenvalue weighted by Crippen LogP contribution is -2.59. The zero-order valence-corrected chi connectivity index (χ0v) is 19.8. The second kappa shape index (κ2) is 11.8. The highest BCUT2D eigenvalue weighted by Crippen LogP contribution is 2.29. The van der Waals surface area contributed by atoms with E-state index in [1.165, 1.54) is 20.1 Å². The van der Waals surface area contributed by atoms with Crippen molar-refractivity contribution >= 4 is 18.0 Å². The van der Waals surface area contributed by atoms with Crippen molar-refractivity contribution < 1.29 is 43.9 Å². The van der Waals surface area contributed by atoms with Crippen LogP contribution in [0.25, 0.3) is 6.08 Å². The molecular formula is C26H30O9. The van der Waals surface area contributed by atoms with Gasteiger partial charge in [0.2, 0.25) is 0 Å². The zero-order valence-electron chi connectivity index (χ0n) is 19.8. The fourth-order valence-corrected chi connectivity index (χ4v) is 3.80. The van der Waals surface area contributed by atoms with Crippen LogP contribution in [0.5, 0.6) is 11.5 Å². The number of carbonyl (C=O) groups excluding carboxylic acids is 2. The van der Waals surface area contributed by atoms with Crippen molar-refractivity contribution in [3.63, 3.8) is 0 Å². The SMILES string of the molecule is COc1cc(C=C(CCc2ccccc2)C(=O)OC2C(O)OC(C)C(O)C2OC(C)=O)ccc1O. The molecule has 0 aliphatic carbocycles. The quantitative estimate of drug-likeness (QED) is 0.380. The fraction of sp³-hybridized carbons (Fsp3) is 0.385. The summed E-state index contributed by atoms with van der Waals surface area (Å²) in [7, 11) is 1.42. The highest BCUT2D eigenvalue weighted by Gasteiger charge is 2.47. The van der Waals surface area contributed by atoms with E-state index >= 15 is 0 Å². The number of rotatable bonds is 8. The maximum atomic E-state index is 13.3. The molecule has 1 aliphatic heterocycles. The van der Waals surface area contributed by atoms with Crippen molar-refractivity contribution in [2.75, 3.05) is 7.11 Å². The van der Waals surface area contributed by atoms with Crippen LogP contribution in [0.1, 0.15) is 31.4 Å². The first-order valence-electron chi connectivity index (χ1n) is 11.2. The van der Waals surface area contributed by atoms with Crippen LogP contribution in [0.4, 0.5) is 0 Å². The van der Waals surface area contributed by atoms with Crippen molar-refractivity contribution in [3.8, 4) is 11.5 Å². The number of methoxy groups -OCH3 is 1. The minimum Gasteiger partial charge on any atom is -0.504 e. The third kappa shape index (κ3) is 6.82. The minimum absolute atomic E-state index is 0.0483. The van der Waals surface area contributed by atoms with E-state index in [0.29, 0.717) is 12.0 Å². The topological polar surface area (TPSA) is 132 Å². The zero-order chi connectivity index (χ0) is 25.5. The van der Waals surface area contributed by atoms with E-state index in [4.69, 9.17) is 18.9 Å². The molecule has 3 N–H and O–H groups in total. The number of carbonyl (C=O) groups is 2. The number of aryl methyl sites for hydroxylation is 1. The van der Waals surface area contributed by atoms with Gasteiger partial charge in [-0.15, -0.1) is 0 Å². The molecule has 5 atom stereocenters. The number of aromatic hydroxyl groups is 1. The first-order chi connectivity index (χ1) is 16.7. The summed E-state index contributed by atoms with van der Waals surface area (Å²) >= 11 is 0. The molecule has 0 saturated carbocycles. The molecule has 0 amide bonds. The monoisotopic (exact) mass is 486 g/mol. The maximum Gasteiger partial charge on any atom is 0.334 e. The first-order valence-corrected chi connectivity index (χ1v) is 11.2. The van der Waals surface area contributed by atoms with Gasteiger partial charge >= 0.3 is 11.9 Å². The van der Waals surface area contributed by atoms with Crippen LogP contribution >= 0.6 is 0 Å². The van der Waals surface area contributed by atoms with E-state index in [0.717, 1.165) is 12.5 Å². The molecule has 1 saturated heterocycles. The highest BCUT2D eigenvalue weighted by molar-refractivity contribution is 5.94. The van der Waals surface area contributed by atoms with E-state index in [2.05, 4.69) is 0 Å².